The highest BCUT2D eigenvalue weighted by atomic mass is 32.2. The Morgan fingerprint density at radius 1 is 1.37 bits per heavy atom. The first-order chi connectivity index (χ1) is 8.98. The summed E-state index contributed by atoms with van der Waals surface area (Å²) in [5, 5.41) is 0. The molecule has 1 aliphatic rings. The van der Waals surface area contributed by atoms with Crippen LogP contribution < -0.4 is 5.73 Å². The van der Waals surface area contributed by atoms with Crippen molar-refractivity contribution in [1.82, 2.24) is 14.5 Å². The number of sulfone groups is 1. The van der Waals surface area contributed by atoms with Crippen LogP contribution in [0.25, 0.3) is 11.2 Å². The van der Waals surface area contributed by atoms with Crippen LogP contribution in [0.1, 0.15) is 24.4 Å². The number of nitrogens with zero attached hydrogens (tertiary/aromatic N) is 3. The van der Waals surface area contributed by atoms with E-state index in [1.54, 1.807) is 6.20 Å². The van der Waals surface area contributed by atoms with E-state index in [1.165, 1.54) is 0 Å². The van der Waals surface area contributed by atoms with Crippen molar-refractivity contribution < 1.29 is 8.42 Å². The van der Waals surface area contributed by atoms with Gasteiger partial charge in [-0.3, -0.25) is 4.57 Å². The Kier molecular flexibility index (Phi) is 2.74. The van der Waals surface area contributed by atoms with Crippen molar-refractivity contribution in [2.24, 2.45) is 0 Å². The molecule has 3 rings (SSSR count). The molecule has 1 saturated heterocycles. The zero-order chi connectivity index (χ0) is 13.6. The second-order valence-electron chi connectivity index (χ2n) is 5.02. The van der Waals surface area contributed by atoms with Crippen molar-refractivity contribution in [3.63, 3.8) is 0 Å². The fraction of sp³-hybridized carbons (Fsp3) is 0.500. The summed E-state index contributed by atoms with van der Waals surface area (Å²) >= 11 is 0. The van der Waals surface area contributed by atoms with Crippen molar-refractivity contribution in [2.75, 3.05) is 17.2 Å². The highest BCUT2D eigenvalue weighted by molar-refractivity contribution is 7.91. The molecule has 1 aliphatic heterocycles. The van der Waals surface area contributed by atoms with Crippen LogP contribution in [0.5, 0.6) is 0 Å². The molecule has 6 nitrogen and oxygen atoms in total. The highest BCUT2D eigenvalue weighted by Gasteiger charge is 2.27. The second kappa shape index (κ2) is 4.19. The first kappa shape index (κ1) is 12.4. The average molecular weight is 280 g/mol. The van der Waals surface area contributed by atoms with E-state index < -0.39 is 9.84 Å². The number of anilines is 1. The Hall–Kier alpha value is -1.63. The Labute approximate surface area is 111 Å². The molecule has 0 saturated carbocycles. The van der Waals surface area contributed by atoms with Crippen molar-refractivity contribution in [1.29, 1.82) is 0 Å². The maximum absolute atomic E-state index is 11.5. The van der Waals surface area contributed by atoms with Crippen LogP contribution in [-0.2, 0) is 9.84 Å². The largest absolute Gasteiger partial charge is 0.369 e. The maximum Gasteiger partial charge on any atom is 0.202 e. The van der Waals surface area contributed by atoms with Crippen molar-refractivity contribution in [2.45, 2.75) is 25.8 Å². The number of pyridine rings is 1. The Morgan fingerprint density at radius 3 is 2.74 bits per heavy atom. The summed E-state index contributed by atoms with van der Waals surface area (Å²) in [4.78, 5) is 8.70. The van der Waals surface area contributed by atoms with Gasteiger partial charge in [0.25, 0.3) is 0 Å². The number of aryl methyl sites for hydroxylation is 1. The summed E-state index contributed by atoms with van der Waals surface area (Å²) in [5.74, 6) is 0.840. The SMILES string of the molecule is Cc1ccnc2c1nc(N)n2C1CCS(=O)(=O)CC1. The fourth-order valence-electron chi connectivity index (χ4n) is 2.62. The molecule has 0 aromatic carbocycles. The van der Waals surface area contributed by atoms with Crippen molar-refractivity contribution in [3.8, 4) is 0 Å². The van der Waals surface area contributed by atoms with E-state index in [0.717, 1.165) is 16.7 Å². The second-order valence-corrected chi connectivity index (χ2v) is 7.33. The van der Waals surface area contributed by atoms with Crippen molar-refractivity contribution in [3.05, 3.63) is 17.8 Å². The third-order valence-corrected chi connectivity index (χ3v) is 5.41. The summed E-state index contributed by atoms with van der Waals surface area (Å²) in [6.45, 7) is 1.96. The number of rotatable bonds is 1. The van der Waals surface area contributed by atoms with E-state index in [0.29, 0.717) is 18.8 Å². The van der Waals surface area contributed by atoms with Gasteiger partial charge in [-0.1, -0.05) is 0 Å². The molecule has 102 valence electrons. The van der Waals surface area contributed by atoms with Crippen LogP contribution in [0.4, 0.5) is 5.95 Å². The molecule has 0 unspecified atom stereocenters. The molecular weight excluding hydrogens is 264 g/mol. The number of hydrogen-bond acceptors (Lipinski definition) is 5. The predicted molar refractivity (Wildman–Crippen MR) is 73.6 cm³/mol. The first-order valence-corrected chi connectivity index (χ1v) is 8.09. The quantitative estimate of drug-likeness (QED) is 0.843. The molecule has 2 N–H and O–H groups in total. The zero-order valence-electron chi connectivity index (χ0n) is 10.7. The minimum absolute atomic E-state index is 0.0721. The lowest BCUT2D eigenvalue weighted by Crippen LogP contribution is -2.26. The van der Waals surface area contributed by atoms with E-state index in [-0.39, 0.29) is 17.5 Å². The number of fused-ring (bicyclic) bond motifs is 1. The molecule has 19 heavy (non-hydrogen) atoms. The number of imidazole rings is 1. The number of aromatic nitrogens is 3. The minimum atomic E-state index is -2.88. The van der Waals surface area contributed by atoms with Crippen LogP contribution in [-0.4, -0.2) is 34.5 Å². The lowest BCUT2D eigenvalue weighted by atomic mass is 10.1. The third-order valence-electron chi connectivity index (χ3n) is 3.70. The van der Waals surface area contributed by atoms with Crippen LogP contribution >= 0.6 is 0 Å². The molecule has 2 aromatic heterocycles. The van der Waals surface area contributed by atoms with Gasteiger partial charge in [0.1, 0.15) is 15.4 Å². The van der Waals surface area contributed by atoms with Gasteiger partial charge in [-0.15, -0.1) is 0 Å². The van der Waals surface area contributed by atoms with Gasteiger partial charge < -0.3 is 5.73 Å². The van der Waals surface area contributed by atoms with Crippen LogP contribution in [0.15, 0.2) is 12.3 Å². The molecule has 3 heterocycles. The number of nitrogen functional groups attached to an aromatic ring is 1. The first-order valence-electron chi connectivity index (χ1n) is 6.27. The summed E-state index contributed by atoms with van der Waals surface area (Å²) in [6, 6.07) is 1.97. The number of hydrogen-bond donors (Lipinski definition) is 1. The van der Waals surface area contributed by atoms with Gasteiger partial charge in [-0.25, -0.2) is 18.4 Å². The van der Waals surface area contributed by atoms with Crippen molar-refractivity contribution >= 4 is 26.9 Å². The number of nitrogens with two attached hydrogens (primary N) is 1. The Bertz CT molecular complexity index is 722. The van der Waals surface area contributed by atoms with Gasteiger partial charge in [-0.2, -0.15) is 0 Å². The fourth-order valence-corrected chi connectivity index (χ4v) is 4.09. The van der Waals surface area contributed by atoms with E-state index in [4.69, 9.17) is 5.73 Å². The van der Waals surface area contributed by atoms with E-state index >= 15 is 0 Å². The molecule has 0 aliphatic carbocycles. The lowest BCUT2D eigenvalue weighted by molar-refractivity contribution is 0.461. The summed E-state index contributed by atoms with van der Waals surface area (Å²) in [6.07, 6.45) is 2.89. The summed E-state index contributed by atoms with van der Waals surface area (Å²) in [5.41, 5.74) is 8.56. The Morgan fingerprint density at radius 2 is 2.05 bits per heavy atom. The topological polar surface area (TPSA) is 90.9 Å². The molecule has 0 atom stereocenters. The summed E-state index contributed by atoms with van der Waals surface area (Å²) in [7, 11) is -2.88. The summed E-state index contributed by atoms with van der Waals surface area (Å²) < 4.78 is 24.9. The van der Waals surface area contributed by atoms with E-state index in [1.807, 2.05) is 17.6 Å². The van der Waals surface area contributed by atoms with E-state index in [2.05, 4.69) is 9.97 Å². The van der Waals surface area contributed by atoms with Crippen LogP contribution in [0.3, 0.4) is 0 Å². The molecule has 7 heteroatoms. The predicted octanol–water partition coefficient (Wildman–Crippen LogP) is 1.07. The maximum atomic E-state index is 11.5. The standard InChI is InChI=1S/C12H16N4O2S/c1-8-2-5-14-11-10(8)15-12(13)16(11)9-3-6-19(17,18)7-4-9/h2,5,9H,3-4,6-7H2,1H3,(H2,13,15). The van der Waals surface area contributed by atoms with Gasteiger partial charge in [0, 0.05) is 12.2 Å². The highest BCUT2D eigenvalue weighted by Crippen LogP contribution is 2.30. The molecule has 0 spiro atoms. The average Bonchev–Trinajstić information content (AvgIpc) is 2.68. The van der Waals surface area contributed by atoms with E-state index in [9.17, 15) is 8.42 Å². The van der Waals surface area contributed by atoms with Gasteiger partial charge in [-0.05, 0) is 31.4 Å². The molecule has 1 fully saturated rings. The third kappa shape index (κ3) is 2.07. The normalized spacial score (nSPS) is 19.8. The Balaban J connectivity index is 2.06. The van der Waals surface area contributed by atoms with Gasteiger partial charge >= 0.3 is 0 Å². The van der Waals surface area contributed by atoms with Crippen LogP contribution in [0.2, 0.25) is 0 Å². The smallest absolute Gasteiger partial charge is 0.202 e. The molecule has 0 radical (unpaired) electrons. The zero-order valence-corrected chi connectivity index (χ0v) is 11.5. The van der Waals surface area contributed by atoms with Gasteiger partial charge in [0.05, 0.1) is 11.5 Å². The molecule has 0 amide bonds. The van der Waals surface area contributed by atoms with Gasteiger partial charge in [0.15, 0.2) is 5.65 Å². The van der Waals surface area contributed by atoms with Crippen LogP contribution in [0, 0.1) is 6.92 Å². The molecule has 2 aromatic rings. The lowest BCUT2D eigenvalue weighted by Gasteiger charge is -2.24. The minimum Gasteiger partial charge on any atom is -0.369 e. The monoisotopic (exact) mass is 280 g/mol. The van der Waals surface area contributed by atoms with Gasteiger partial charge in [0.2, 0.25) is 5.95 Å². The molecular formula is C12H16N4O2S. The molecule has 0 bridgehead atoms.